The Morgan fingerprint density at radius 3 is 2.35 bits per heavy atom. The molecule has 0 fully saturated rings. The molecule has 0 bridgehead atoms. The maximum absolute atomic E-state index is 12.5. The molecule has 0 saturated heterocycles. The van der Waals surface area contributed by atoms with E-state index in [2.05, 4.69) is 31.3 Å². The van der Waals surface area contributed by atoms with E-state index in [-0.39, 0.29) is 6.04 Å². The smallest absolute Gasteiger partial charge is 0.0548 e. The van der Waals surface area contributed by atoms with Crippen molar-refractivity contribution in [2.24, 2.45) is 0 Å². The van der Waals surface area contributed by atoms with Crippen LogP contribution in [0.5, 0.6) is 0 Å². The lowest BCUT2D eigenvalue weighted by molar-refractivity contribution is 0.635. The molecule has 0 aromatic heterocycles. The summed E-state index contributed by atoms with van der Waals surface area (Å²) in [6.07, 6.45) is 0. The van der Waals surface area contributed by atoms with E-state index in [1.807, 2.05) is 43.4 Å². The molecule has 0 saturated carbocycles. The van der Waals surface area contributed by atoms with Crippen molar-refractivity contribution in [1.29, 1.82) is 0 Å². The van der Waals surface area contributed by atoms with Crippen molar-refractivity contribution in [1.82, 2.24) is 5.32 Å². The maximum atomic E-state index is 12.5. The molecule has 0 aliphatic rings. The third-order valence-corrected chi connectivity index (χ3v) is 5.03. The summed E-state index contributed by atoms with van der Waals surface area (Å²) < 4.78 is 12.5. The lowest BCUT2D eigenvalue weighted by Gasteiger charge is -2.16. The zero-order valence-corrected chi connectivity index (χ0v) is 13.0. The first-order valence-corrected chi connectivity index (χ1v) is 8.11. The molecule has 0 aliphatic carbocycles. The fraction of sp³-hybridized carbons (Fsp3) is 0.294. The second-order valence-electron chi connectivity index (χ2n) is 5.01. The highest BCUT2D eigenvalue weighted by Gasteiger charge is 2.14. The van der Waals surface area contributed by atoms with Gasteiger partial charge in [-0.25, -0.2) is 0 Å². The van der Waals surface area contributed by atoms with Crippen molar-refractivity contribution in [3.63, 3.8) is 0 Å². The molecule has 0 radical (unpaired) electrons. The number of hydrogen-bond acceptors (Lipinski definition) is 2. The first-order chi connectivity index (χ1) is 9.61. The van der Waals surface area contributed by atoms with Gasteiger partial charge in [0.05, 0.1) is 10.8 Å². The minimum Gasteiger partial charge on any atom is -0.312 e. The molecule has 0 spiro atoms. The van der Waals surface area contributed by atoms with Crippen molar-refractivity contribution >= 4 is 10.8 Å². The van der Waals surface area contributed by atoms with E-state index in [1.165, 1.54) is 16.7 Å². The Morgan fingerprint density at radius 1 is 1.05 bits per heavy atom. The van der Waals surface area contributed by atoms with Crippen LogP contribution in [-0.2, 0) is 10.8 Å². The molecule has 106 valence electrons. The zero-order valence-electron chi connectivity index (χ0n) is 12.2. The summed E-state index contributed by atoms with van der Waals surface area (Å²) in [5, 5.41) is 3.25. The zero-order chi connectivity index (χ0) is 14.5. The van der Waals surface area contributed by atoms with Crippen molar-refractivity contribution in [2.75, 3.05) is 12.8 Å². The highest BCUT2D eigenvalue weighted by atomic mass is 32.2. The Balaban J connectivity index is 2.15. The number of aryl methyl sites for hydroxylation is 2. The number of nitrogens with one attached hydrogen (secondary N) is 1. The number of hydrogen-bond donors (Lipinski definition) is 1. The summed E-state index contributed by atoms with van der Waals surface area (Å²) in [5.74, 6) is 0.586. The van der Waals surface area contributed by atoms with Crippen LogP contribution >= 0.6 is 0 Å². The minimum atomic E-state index is -0.995. The Morgan fingerprint density at radius 2 is 1.75 bits per heavy atom. The second kappa shape index (κ2) is 6.82. The molecule has 2 nitrogen and oxygen atoms in total. The number of benzene rings is 2. The molecule has 0 amide bonds. The standard InChI is InChI=1S/C17H21NOS/c1-13-9-10-16(11-14(13)2)20(19)12-17(18-3)15-7-5-4-6-8-15/h4-11,17-18H,12H2,1-3H3. The third-order valence-electron chi connectivity index (χ3n) is 3.61. The van der Waals surface area contributed by atoms with Gasteiger partial charge >= 0.3 is 0 Å². The normalized spacial score (nSPS) is 13.9. The van der Waals surface area contributed by atoms with Crippen LogP contribution < -0.4 is 5.32 Å². The molecule has 1 N–H and O–H groups in total. The van der Waals surface area contributed by atoms with Crippen LogP contribution in [0.3, 0.4) is 0 Å². The van der Waals surface area contributed by atoms with E-state index in [0.717, 1.165) is 4.90 Å². The van der Waals surface area contributed by atoms with Crippen LogP contribution in [0.4, 0.5) is 0 Å². The van der Waals surface area contributed by atoms with Gasteiger partial charge in [-0.2, -0.15) is 0 Å². The lowest BCUT2D eigenvalue weighted by Crippen LogP contribution is -2.22. The summed E-state index contributed by atoms with van der Waals surface area (Å²) in [7, 11) is 0.917. The van der Waals surface area contributed by atoms with Crippen LogP contribution in [0.25, 0.3) is 0 Å². The average Bonchev–Trinajstić information content (AvgIpc) is 2.48. The third kappa shape index (κ3) is 3.56. The topological polar surface area (TPSA) is 29.1 Å². The van der Waals surface area contributed by atoms with Gasteiger partial charge in [-0.1, -0.05) is 36.4 Å². The number of rotatable bonds is 5. The van der Waals surface area contributed by atoms with Gasteiger partial charge in [-0.15, -0.1) is 0 Å². The SMILES string of the molecule is CNC(CS(=O)c1ccc(C)c(C)c1)c1ccccc1. The van der Waals surface area contributed by atoms with E-state index in [0.29, 0.717) is 5.75 Å². The summed E-state index contributed by atoms with van der Waals surface area (Å²) in [5.41, 5.74) is 3.60. The van der Waals surface area contributed by atoms with Crippen LogP contribution in [0, 0.1) is 13.8 Å². The van der Waals surface area contributed by atoms with E-state index in [4.69, 9.17) is 0 Å². The molecule has 2 unspecified atom stereocenters. The van der Waals surface area contributed by atoms with Gasteiger partial charge in [-0.3, -0.25) is 4.21 Å². The molecule has 20 heavy (non-hydrogen) atoms. The lowest BCUT2D eigenvalue weighted by atomic mass is 10.1. The molecule has 2 atom stereocenters. The highest BCUT2D eigenvalue weighted by Crippen LogP contribution is 2.19. The molecule has 0 heterocycles. The van der Waals surface area contributed by atoms with Crippen LogP contribution in [0.2, 0.25) is 0 Å². The Bertz CT molecular complexity index is 595. The second-order valence-corrected chi connectivity index (χ2v) is 6.51. The van der Waals surface area contributed by atoms with Crippen LogP contribution in [0.15, 0.2) is 53.4 Å². The van der Waals surface area contributed by atoms with Gasteiger partial charge in [0, 0.05) is 16.7 Å². The van der Waals surface area contributed by atoms with Crippen molar-refractivity contribution in [2.45, 2.75) is 24.8 Å². The quantitative estimate of drug-likeness (QED) is 0.913. The van der Waals surface area contributed by atoms with Gasteiger partial charge in [-0.05, 0) is 49.7 Å². The van der Waals surface area contributed by atoms with Crippen molar-refractivity contribution in [3.05, 3.63) is 65.2 Å². The predicted octanol–water partition coefficient (Wildman–Crippen LogP) is 3.37. The summed E-state index contributed by atoms with van der Waals surface area (Å²) in [6.45, 7) is 4.13. The van der Waals surface area contributed by atoms with Gasteiger partial charge in [0.2, 0.25) is 0 Å². The highest BCUT2D eigenvalue weighted by molar-refractivity contribution is 7.85. The van der Waals surface area contributed by atoms with Gasteiger partial charge in [0.25, 0.3) is 0 Å². The monoisotopic (exact) mass is 287 g/mol. The van der Waals surface area contributed by atoms with Crippen LogP contribution in [-0.4, -0.2) is 17.0 Å². The molecule has 2 rings (SSSR count). The maximum Gasteiger partial charge on any atom is 0.0548 e. The van der Waals surface area contributed by atoms with Gasteiger partial charge in [0.1, 0.15) is 0 Å². The van der Waals surface area contributed by atoms with E-state index in [1.54, 1.807) is 0 Å². The van der Waals surface area contributed by atoms with Crippen molar-refractivity contribution in [3.8, 4) is 0 Å². The van der Waals surface area contributed by atoms with Gasteiger partial charge in [0.15, 0.2) is 0 Å². The van der Waals surface area contributed by atoms with Gasteiger partial charge < -0.3 is 5.32 Å². The fourth-order valence-corrected chi connectivity index (χ4v) is 3.52. The summed E-state index contributed by atoms with van der Waals surface area (Å²) >= 11 is 0. The fourth-order valence-electron chi connectivity index (χ4n) is 2.13. The molecule has 0 aliphatic heterocycles. The largest absolute Gasteiger partial charge is 0.312 e. The summed E-state index contributed by atoms with van der Waals surface area (Å²) in [6, 6.07) is 16.3. The average molecular weight is 287 g/mol. The van der Waals surface area contributed by atoms with E-state index < -0.39 is 10.8 Å². The van der Waals surface area contributed by atoms with E-state index >= 15 is 0 Å². The molecular formula is C17H21NOS. The molecule has 2 aromatic rings. The Kier molecular flexibility index (Phi) is 5.10. The first kappa shape index (κ1) is 14.9. The van der Waals surface area contributed by atoms with E-state index in [9.17, 15) is 4.21 Å². The van der Waals surface area contributed by atoms with Crippen molar-refractivity contribution < 1.29 is 4.21 Å². The summed E-state index contributed by atoms with van der Waals surface area (Å²) in [4.78, 5) is 0.907. The Hall–Kier alpha value is -1.45. The molecular weight excluding hydrogens is 266 g/mol. The predicted molar refractivity (Wildman–Crippen MR) is 85.4 cm³/mol. The Labute approximate surface area is 123 Å². The van der Waals surface area contributed by atoms with Crippen LogP contribution in [0.1, 0.15) is 22.7 Å². The molecule has 2 aromatic carbocycles. The minimum absolute atomic E-state index is 0.110. The molecule has 3 heteroatoms. The first-order valence-electron chi connectivity index (χ1n) is 6.79.